The van der Waals surface area contributed by atoms with Gasteiger partial charge in [0, 0.05) is 28.1 Å². The predicted molar refractivity (Wildman–Crippen MR) is 114 cm³/mol. The molecule has 0 saturated carbocycles. The fourth-order valence-corrected chi connectivity index (χ4v) is 3.14. The van der Waals surface area contributed by atoms with Crippen LogP contribution in [0.2, 0.25) is 0 Å². The van der Waals surface area contributed by atoms with E-state index < -0.39 is 5.83 Å². The van der Waals surface area contributed by atoms with Crippen molar-refractivity contribution in [3.05, 3.63) is 64.7 Å². The van der Waals surface area contributed by atoms with E-state index in [-0.39, 0.29) is 12.4 Å². The molecule has 0 radical (unpaired) electrons. The van der Waals surface area contributed by atoms with E-state index in [4.69, 9.17) is 19.5 Å². The number of aromatic nitrogens is 1. The summed E-state index contributed by atoms with van der Waals surface area (Å²) in [5.74, 6) is 0.829. The molecule has 1 heterocycles. The van der Waals surface area contributed by atoms with E-state index in [0.29, 0.717) is 22.8 Å². The zero-order chi connectivity index (χ0) is 21.2. The fraction of sp³-hybridized carbons (Fsp3) is 0.273. The van der Waals surface area contributed by atoms with E-state index in [1.54, 1.807) is 38.6 Å². The van der Waals surface area contributed by atoms with Gasteiger partial charge in [-0.05, 0) is 42.5 Å². The number of thiocyanates is 1. The Morgan fingerprint density at radius 1 is 1.17 bits per heavy atom. The van der Waals surface area contributed by atoms with Crippen LogP contribution in [0.4, 0.5) is 4.39 Å². The van der Waals surface area contributed by atoms with Gasteiger partial charge in [0.1, 0.15) is 12.0 Å². The topological polar surface area (TPSA) is 64.4 Å². The molecule has 0 amide bonds. The normalized spacial score (nSPS) is 13.0. The zero-order valence-corrected chi connectivity index (χ0v) is 17.7. The zero-order valence-electron chi connectivity index (χ0n) is 16.9. The summed E-state index contributed by atoms with van der Waals surface area (Å²) in [7, 11) is 3.13. The molecule has 0 spiro atoms. The molecule has 1 aliphatic rings. The van der Waals surface area contributed by atoms with Gasteiger partial charge in [0.05, 0.1) is 19.7 Å². The van der Waals surface area contributed by atoms with Gasteiger partial charge in [0.25, 0.3) is 0 Å². The first kappa shape index (κ1) is 22.3. The van der Waals surface area contributed by atoms with Crippen LogP contribution in [0.25, 0.3) is 10.9 Å². The van der Waals surface area contributed by atoms with E-state index >= 15 is 0 Å². The number of pyridine rings is 1. The van der Waals surface area contributed by atoms with E-state index in [1.807, 2.05) is 31.4 Å². The molecule has 2 aromatic rings. The molecule has 5 nitrogen and oxygen atoms in total. The van der Waals surface area contributed by atoms with Crippen LogP contribution in [0.15, 0.2) is 59.1 Å². The van der Waals surface area contributed by atoms with Crippen LogP contribution >= 0.6 is 11.8 Å². The number of nitriles is 1. The molecule has 7 heteroatoms. The maximum Gasteiger partial charge on any atom is 0.165 e. The van der Waals surface area contributed by atoms with Crippen molar-refractivity contribution in [3.63, 3.8) is 0 Å². The number of rotatable bonds is 6. The maximum atomic E-state index is 14.4. The number of ether oxygens (including phenoxy) is 3. The van der Waals surface area contributed by atoms with Gasteiger partial charge in [0.15, 0.2) is 23.1 Å². The molecular weight excluding hydrogens is 391 g/mol. The third kappa shape index (κ3) is 5.52. The third-order valence-corrected chi connectivity index (χ3v) is 4.62. The SMILES string of the molecule is CC.COc1cc2nccc(COC3=CCC=C(SC#N)C=C3F)c2cc1OC. The summed E-state index contributed by atoms with van der Waals surface area (Å²) in [6.07, 6.45) is 6.91. The Labute approximate surface area is 174 Å². The van der Waals surface area contributed by atoms with Crippen LogP contribution in [0, 0.1) is 10.7 Å². The highest BCUT2D eigenvalue weighted by molar-refractivity contribution is 8.07. The second-order valence-electron chi connectivity index (χ2n) is 5.58. The molecule has 3 rings (SSSR count). The van der Waals surface area contributed by atoms with Crippen LogP contribution in [0.1, 0.15) is 25.8 Å². The Balaban J connectivity index is 0.00000145. The first-order valence-electron chi connectivity index (χ1n) is 9.12. The van der Waals surface area contributed by atoms with Crippen molar-refractivity contribution in [2.75, 3.05) is 14.2 Å². The van der Waals surface area contributed by atoms with Gasteiger partial charge in [0.2, 0.25) is 0 Å². The average Bonchev–Trinajstić information content (AvgIpc) is 2.93. The van der Waals surface area contributed by atoms with Crippen molar-refractivity contribution in [1.29, 1.82) is 5.26 Å². The molecule has 29 heavy (non-hydrogen) atoms. The van der Waals surface area contributed by atoms with Gasteiger partial charge in [-0.25, -0.2) is 4.39 Å². The van der Waals surface area contributed by atoms with Gasteiger partial charge in [-0.15, -0.1) is 0 Å². The van der Waals surface area contributed by atoms with Gasteiger partial charge in [-0.1, -0.05) is 19.9 Å². The van der Waals surface area contributed by atoms with Crippen molar-refractivity contribution in [3.8, 4) is 16.9 Å². The van der Waals surface area contributed by atoms with E-state index in [9.17, 15) is 4.39 Å². The van der Waals surface area contributed by atoms with Crippen molar-refractivity contribution >= 4 is 22.7 Å². The summed E-state index contributed by atoms with van der Waals surface area (Å²) in [6, 6.07) is 5.44. The minimum Gasteiger partial charge on any atom is -0.493 e. The second-order valence-corrected chi connectivity index (χ2v) is 6.44. The Bertz CT molecular complexity index is 993. The lowest BCUT2D eigenvalue weighted by Gasteiger charge is -2.13. The first-order valence-corrected chi connectivity index (χ1v) is 9.94. The molecule has 1 aromatic heterocycles. The summed E-state index contributed by atoms with van der Waals surface area (Å²) in [5, 5.41) is 11.5. The highest BCUT2D eigenvalue weighted by Crippen LogP contribution is 2.33. The minimum atomic E-state index is -0.501. The van der Waals surface area contributed by atoms with Crippen LogP contribution < -0.4 is 9.47 Å². The molecule has 0 atom stereocenters. The van der Waals surface area contributed by atoms with Crippen molar-refractivity contribution in [2.24, 2.45) is 0 Å². The number of hydrogen-bond donors (Lipinski definition) is 0. The van der Waals surface area contributed by atoms with Gasteiger partial charge < -0.3 is 14.2 Å². The number of hydrogen-bond acceptors (Lipinski definition) is 6. The van der Waals surface area contributed by atoms with Crippen molar-refractivity contribution < 1.29 is 18.6 Å². The molecule has 1 aliphatic carbocycles. The van der Waals surface area contributed by atoms with Gasteiger partial charge >= 0.3 is 0 Å². The Hall–Kier alpha value is -2.98. The van der Waals surface area contributed by atoms with Gasteiger partial charge in [-0.3, -0.25) is 4.98 Å². The molecule has 152 valence electrons. The van der Waals surface area contributed by atoms with Gasteiger partial charge in [-0.2, -0.15) is 5.26 Å². The second kappa shape index (κ2) is 11.1. The van der Waals surface area contributed by atoms with Crippen LogP contribution in [0.3, 0.4) is 0 Å². The predicted octanol–water partition coefficient (Wildman–Crippen LogP) is 6.03. The summed E-state index contributed by atoms with van der Waals surface area (Å²) in [6.45, 7) is 4.17. The smallest absolute Gasteiger partial charge is 0.165 e. The monoisotopic (exact) mass is 414 g/mol. The minimum absolute atomic E-state index is 0.158. The highest BCUT2D eigenvalue weighted by Gasteiger charge is 2.13. The quantitative estimate of drug-likeness (QED) is 0.538. The van der Waals surface area contributed by atoms with E-state index in [0.717, 1.165) is 28.2 Å². The lowest BCUT2D eigenvalue weighted by molar-refractivity contribution is 0.196. The molecule has 0 unspecified atom stereocenters. The lowest BCUT2D eigenvalue weighted by Crippen LogP contribution is -1.98. The molecular formula is C22H23FN2O3S. The molecule has 0 fully saturated rings. The third-order valence-electron chi connectivity index (χ3n) is 4.01. The first-order chi connectivity index (χ1) is 14.2. The molecule has 0 aliphatic heterocycles. The standard InChI is InChI=1S/C20H17FN2O3S.C2H6/c1-24-19-9-15-13(6-7-23-17(15)10-20(19)25-2)11-26-18-5-3-4-14(27-12-22)8-16(18)21;1-2/h4-10H,3,11H2,1-2H3;1-2H3. The van der Waals surface area contributed by atoms with Crippen LogP contribution in [-0.2, 0) is 11.3 Å². The van der Waals surface area contributed by atoms with Crippen molar-refractivity contribution in [1.82, 2.24) is 4.98 Å². The Kier molecular flexibility index (Phi) is 8.56. The summed E-state index contributed by atoms with van der Waals surface area (Å²) < 4.78 is 30.7. The largest absolute Gasteiger partial charge is 0.493 e. The Morgan fingerprint density at radius 2 is 1.90 bits per heavy atom. The number of nitrogens with zero attached hydrogens (tertiary/aromatic N) is 2. The van der Waals surface area contributed by atoms with E-state index in [2.05, 4.69) is 4.98 Å². The molecule has 0 bridgehead atoms. The number of halogens is 1. The van der Waals surface area contributed by atoms with E-state index in [1.165, 1.54) is 6.08 Å². The van der Waals surface area contributed by atoms with Crippen molar-refractivity contribution in [2.45, 2.75) is 26.9 Å². The average molecular weight is 415 g/mol. The number of fused-ring (bicyclic) bond motifs is 1. The summed E-state index contributed by atoms with van der Waals surface area (Å²) in [5.41, 5.74) is 1.58. The fourth-order valence-electron chi connectivity index (χ4n) is 2.70. The molecule has 0 saturated heterocycles. The Morgan fingerprint density at radius 3 is 2.59 bits per heavy atom. The summed E-state index contributed by atoms with van der Waals surface area (Å²) in [4.78, 5) is 4.91. The number of benzene rings is 1. The van der Waals surface area contributed by atoms with Crippen LogP contribution in [-0.4, -0.2) is 19.2 Å². The number of methoxy groups -OCH3 is 2. The lowest BCUT2D eigenvalue weighted by atomic mass is 10.1. The van der Waals surface area contributed by atoms with Crippen LogP contribution in [0.5, 0.6) is 11.5 Å². The maximum absolute atomic E-state index is 14.4. The number of allylic oxidation sites excluding steroid dienone is 4. The summed E-state index contributed by atoms with van der Waals surface area (Å²) >= 11 is 0.923. The molecule has 0 N–H and O–H groups in total. The number of thioether (sulfide) groups is 1. The molecule has 1 aromatic carbocycles. The highest BCUT2D eigenvalue weighted by atomic mass is 32.2.